The maximum absolute atomic E-state index is 5.88. The third-order valence-corrected chi connectivity index (χ3v) is 3.91. The fraction of sp³-hybridized carbons (Fsp3) is 0.250. The minimum atomic E-state index is 0.607. The largest absolute Gasteiger partial charge is 0.398 e. The Kier molecular flexibility index (Phi) is 3.64. The molecule has 2 aromatic rings. The summed E-state index contributed by atoms with van der Waals surface area (Å²) in [6.07, 6.45) is 0. The van der Waals surface area contributed by atoms with E-state index in [1.807, 2.05) is 36.9 Å². The second-order valence-corrected chi connectivity index (χ2v) is 5.29. The van der Waals surface area contributed by atoms with Crippen LogP contribution in [-0.2, 0) is 12.8 Å². The zero-order valence-corrected chi connectivity index (χ0v) is 11.3. The van der Waals surface area contributed by atoms with Crippen LogP contribution in [-0.4, -0.2) is 9.78 Å². The molecular formula is C12H14ClN3S. The quantitative estimate of drug-likeness (QED) is 0.686. The zero-order chi connectivity index (χ0) is 12.4. The van der Waals surface area contributed by atoms with Crippen LogP contribution in [0.15, 0.2) is 29.3 Å². The molecule has 2 rings (SSSR count). The summed E-state index contributed by atoms with van der Waals surface area (Å²) in [5, 5.41) is 6.06. The van der Waals surface area contributed by atoms with Crippen molar-refractivity contribution < 1.29 is 0 Å². The smallest absolute Gasteiger partial charge is 0.0942 e. The minimum absolute atomic E-state index is 0.607. The SMILES string of the molecule is Cc1cc(SCc2ccc(Cl)c(N)c2)n(C)n1. The van der Waals surface area contributed by atoms with Crippen LogP contribution in [0.3, 0.4) is 0 Å². The Balaban J connectivity index is 2.07. The number of aryl methyl sites for hydroxylation is 2. The molecule has 1 aromatic heterocycles. The lowest BCUT2D eigenvalue weighted by Gasteiger charge is -2.04. The minimum Gasteiger partial charge on any atom is -0.398 e. The molecule has 0 unspecified atom stereocenters. The molecule has 2 N–H and O–H groups in total. The number of nitrogen functional groups attached to an aromatic ring is 1. The molecule has 0 radical (unpaired) electrons. The van der Waals surface area contributed by atoms with E-state index in [1.54, 1.807) is 11.8 Å². The Morgan fingerprint density at radius 1 is 1.41 bits per heavy atom. The van der Waals surface area contributed by atoms with Gasteiger partial charge in [0.05, 0.1) is 21.4 Å². The van der Waals surface area contributed by atoms with Gasteiger partial charge in [-0.2, -0.15) is 5.10 Å². The molecule has 0 saturated heterocycles. The van der Waals surface area contributed by atoms with Gasteiger partial charge in [-0.15, -0.1) is 11.8 Å². The van der Waals surface area contributed by atoms with Gasteiger partial charge in [-0.1, -0.05) is 17.7 Å². The van der Waals surface area contributed by atoms with Crippen LogP contribution in [0, 0.1) is 6.92 Å². The van der Waals surface area contributed by atoms with Gasteiger partial charge in [-0.05, 0) is 30.7 Å². The summed E-state index contributed by atoms with van der Waals surface area (Å²) in [6, 6.07) is 7.82. The maximum Gasteiger partial charge on any atom is 0.0942 e. The van der Waals surface area contributed by atoms with E-state index in [0.717, 1.165) is 22.0 Å². The number of halogens is 1. The lowest BCUT2D eigenvalue weighted by Crippen LogP contribution is -1.93. The van der Waals surface area contributed by atoms with E-state index in [1.165, 1.54) is 0 Å². The Morgan fingerprint density at radius 3 is 2.76 bits per heavy atom. The van der Waals surface area contributed by atoms with Crippen LogP contribution in [0.1, 0.15) is 11.3 Å². The molecule has 1 aromatic carbocycles. The van der Waals surface area contributed by atoms with Crippen molar-refractivity contribution in [1.29, 1.82) is 0 Å². The van der Waals surface area contributed by atoms with E-state index in [0.29, 0.717) is 10.7 Å². The topological polar surface area (TPSA) is 43.8 Å². The number of nitrogens with zero attached hydrogens (tertiary/aromatic N) is 2. The first kappa shape index (κ1) is 12.3. The lowest BCUT2D eigenvalue weighted by atomic mass is 10.2. The highest BCUT2D eigenvalue weighted by Gasteiger charge is 2.04. The average Bonchev–Trinajstić information content (AvgIpc) is 2.59. The van der Waals surface area contributed by atoms with Gasteiger partial charge in [0.1, 0.15) is 0 Å². The van der Waals surface area contributed by atoms with Crippen molar-refractivity contribution >= 4 is 29.1 Å². The molecule has 0 bridgehead atoms. The number of hydrogen-bond donors (Lipinski definition) is 1. The predicted molar refractivity (Wildman–Crippen MR) is 73.4 cm³/mol. The highest BCUT2D eigenvalue weighted by Crippen LogP contribution is 2.26. The Hall–Kier alpha value is -1.13. The number of rotatable bonds is 3. The van der Waals surface area contributed by atoms with Crippen LogP contribution in [0.5, 0.6) is 0 Å². The summed E-state index contributed by atoms with van der Waals surface area (Å²) in [7, 11) is 1.95. The molecule has 0 fully saturated rings. The van der Waals surface area contributed by atoms with Crippen molar-refractivity contribution in [1.82, 2.24) is 9.78 Å². The summed E-state index contributed by atoms with van der Waals surface area (Å²) in [5.74, 6) is 0.861. The number of nitrogens with two attached hydrogens (primary N) is 1. The molecule has 0 spiro atoms. The van der Waals surface area contributed by atoms with Crippen LogP contribution < -0.4 is 5.73 Å². The number of benzene rings is 1. The molecule has 5 heteroatoms. The second kappa shape index (κ2) is 5.02. The van der Waals surface area contributed by atoms with Crippen molar-refractivity contribution in [2.45, 2.75) is 17.7 Å². The molecule has 0 aliphatic rings. The molecule has 3 nitrogen and oxygen atoms in total. The summed E-state index contributed by atoms with van der Waals surface area (Å²) >= 11 is 7.62. The fourth-order valence-electron chi connectivity index (χ4n) is 1.56. The van der Waals surface area contributed by atoms with E-state index in [-0.39, 0.29) is 0 Å². The molecule has 0 amide bonds. The maximum atomic E-state index is 5.88. The van der Waals surface area contributed by atoms with Crippen molar-refractivity contribution in [2.75, 3.05) is 5.73 Å². The van der Waals surface area contributed by atoms with Crippen molar-refractivity contribution in [3.8, 4) is 0 Å². The highest BCUT2D eigenvalue weighted by atomic mass is 35.5. The number of aromatic nitrogens is 2. The molecule has 1 heterocycles. The third kappa shape index (κ3) is 2.96. The predicted octanol–water partition coefficient (Wildman–Crippen LogP) is 3.26. The van der Waals surface area contributed by atoms with Gasteiger partial charge >= 0.3 is 0 Å². The summed E-state index contributed by atoms with van der Waals surface area (Å²) in [5.41, 5.74) is 8.59. The monoisotopic (exact) mass is 267 g/mol. The Bertz CT molecular complexity index is 537. The standard InChI is InChI=1S/C12H14ClN3S/c1-8-5-12(16(2)15-8)17-7-9-3-4-10(13)11(14)6-9/h3-6H,7,14H2,1-2H3. The average molecular weight is 268 g/mol. The van der Waals surface area contributed by atoms with E-state index in [4.69, 9.17) is 17.3 Å². The second-order valence-electron chi connectivity index (χ2n) is 3.89. The Labute approximate surface area is 110 Å². The van der Waals surface area contributed by atoms with Gasteiger partial charge < -0.3 is 5.73 Å². The molecule has 17 heavy (non-hydrogen) atoms. The molecule has 0 aliphatic heterocycles. The third-order valence-electron chi connectivity index (χ3n) is 2.41. The van der Waals surface area contributed by atoms with Crippen molar-refractivity contribution in [2.24, 2.45) is 7.05 Å². The van der Waals surface area contributed by atoms with Gasteiger partial charge in [0, 0.05) is 12.8 Å². The van der Waals surface area contributed by atoms with Gasteiger partial charge in [0.15, 0.2) is 0 Å². The van der Waals surface area contributed by atoms with E-state index >= 15 is 0 Å². The molecular weight excluding hydrogens is 254 g/mol. The fourth-order valence-corrected chi connectivity index (χ4v) is 2.66. The number of anilines is 1. The van der Waals surface area contributed by atoms with Gasteiger partial charge in [0.25, 0.3) is 0 Å². The van der Waals surface area contributed by atoms with Crippen LogP contribution in [0.4, 0.5) is 5.69 Å². The molecule has 0 aliphatic carbocycles. The van der Waals surface area contributed by atoms with Gasteiger partial charge in [-0.3, -0.25) is 4.68 Å². The number of hydrogen-bond acceptors (Lipinski definition) is 3. The normalized spacial score (nSPS) is 10.8. The summed E-state index contributed by atoms with van der Waals surface area (Å²) < 4.78 is 1.89. The summed E-state index contributed by atoms with van der Waals surface area (Å²) in [6.45, 7) is 1.99. The van der Waals surface area contributed by atoms with E-state index in [2.05, 4.69) is 11.2 Å². The van der Waals surface area contributed by atoms with Crippen LogP contribution in [0.25, 0.3) is 0 Å². The van der Waals surface area contributed by atoms with E-state index in [9.17, 15) is 0 Å². The molecule has 90 valence electrons. The lowest BCUT2D eigenvalue weighted by molar-refractivity contribution is 0.692. The van der Waals surface area contributed by atoms with Crippen LogP contribution >= 0.6 is 23.4 Å². The first-order chi connectivity index (χ1) is 8.06. The van der Waals surface area contributed by atoms with E-state index < -0.39 is 0 Å². The van der Waals surface area contributed by atoms with Crippen LogP contribution in [0.2, 0.25) is 5.02 Å². The highest BCUT2D eigenvalue weighted by molar-refractivity contribution is 7.98. The first-order valence-corrected chi connectivity index (χ1v) is 6.60. The zero-order valence-electron chi connectivity index (χ0n) is 9.77. The Morgan fingerprint density at radius 2 is 2.18 bits per heavy atom. The summed E-state index contributed by atoms with van der Waals surface area (Å²) in [4.78, 5) is 0. The van der Waals surface area contributed by atoms with Gasteiger partial charge in [0.2, 0.25) is 0 Å². The van der Waals surface area contributed by atoms with Crippen molar-refractivity contribution in [3.05, 3.63) is 40.5 Å². The molecule has 0 saturated carbocycles. The first-order valence-electron chi connectivity index (χ1n) is 5.23. The van der Waals surface area contributed by atoms with Crippen molar-refractivity contribution in [3.63, 3.8) is 0 Å². The van der Waals surface area contributed by atoms with Gasteiger partial charge in [-0.25, -0.2) is 0 Å². The number of thioether (sulfide) groups is 1. The molecule has 0 atom stereocenters.